The predicted molar refractivity (Wildman–Crippen MR) is 144 cm³/mol. The smallest absolute Gasteiger partial charge is 0.276 e. The molecule has 3 aromatic carbocycles. The number of benzene rings is 3. The number of nitrogens with one attached hydrogen (secondary N) is 3. The van der Waals surface area contributed by atoms with Crippen LogP contribution >= 0.6 is 15.9 Å². The summed E-state index contributed by atoms with van der Waals surface area (Å²) in [5.41, 5.74) is 9.07. The number of rotatable bonds is 6. The van der Waals surface area contributed by atoms with Gasteiger partial charge in [0.15, 0.2) is 6.61 Å². The van der Waals surface area contributed by atoms with Gasteiger partial charge in [-0.05, 0) is 84.5 Å². The number of hydrogen-bond acceptors (Lipinski definition) is 4. The zero-order chi connectivity index (χ0) is 26.5. The van der Waals surface area contributed by atoms with Gasteiger partial charge in [0.25, 0.3) is 17.7 Å². The number of halogens is 1. The second-order valence-corrected chi connectivity index (χ2v) is 10.4. The van der Waals surface area contributed by atoms with Gasteiger partial charge in [-0.1, -0.05) is 48.8 Å². The SMILES string of the molecule is Cc1cc(Br)cc(C)c1OCC(=O)NNC(=O)c1ccc(NC(=O)c2ccc(C(C)(C)C)cc2)cc1. The molecular formula is C28H30BrN3O4. The molecule has 0 radical (unpaired) electrons. The number of carbonyl (C=O) groups is 3. The summed E-state index contributed by atoms with van der Waals surface area (Å²) >= 11 is 3.42. The summed E-state index contributed by atoms with van der Waals surface area (Å²) in [4.78, 5) is 37.0. The van der Waals surface area contributed by atoms with Crippen molar-refractivity contribution in [3.8, 4) is 5.75 Å². The third-order valence-electron chi connectivity index (χ3n) is 5.51. The summed E-state index contributed by atoms with van der Waals surface area (Å²) in [6.07, 6.45) is 0. The molecule has 3 amide bonds. The average molecular weight is 552 g/mol. The molecule has 3 N–H and O–H groups in total. The zero-order valence-corrected chi connectivity index (χ0v) is 22.6. The van der Waals surface area contributed by atoms with E-state index in [1.807, 2.05) is 38.1 Å². The molecule has 0 saturated carbocycles. The highest BCUT2D eigenvalue weighted by Crippen LogP contribution is 2.27. The minimum atomic E-state index is -0.494. The van der Waals surface area contributed by atoms with Gasteiger partial charge >= 0.3 is 0 Å². The fourth-order valence-corrected chi connectivity index (χ4v) is 4.21. The monoisotopic (exact) mass is 551 g/mol. The number of hydrogen-bond donors (Lipinski definition) is 3. The van der Waals surface area contributed by atoms with Crippen LogP contribution in [0, 0.1) is 13.8 Å². The minimum absolute atomic E-state index is 0.00944. The van der Waals surface area contributed by atoms with Gasteiger partial charge in [-0.25, -0.2) is 0 Å². The molecule has 8 heteroatoms. The van der Waals surface area contributed by atoms with E-state index in [1.54, 1.807) is 36.4 Å². The standard InChI is InChI=1S/C28H30BrN3O4/c1-17-14-22(29)15-18(2)25(17)36-16-24(33)31-32-27(35)20-8-12-23(13-9-20)30-26(34)19-6-10-21(11-7-19)28(3,4)5/h6-15H,16H2,1-5H3,(H,30,34)(H,31,33)(H,32,35). The van der Waals surface area contributed by atoms with Gasteiger partial charge in [-0.15, -0.1) is 0 Å². The van der Waals surface area contributed by atoms with Gasteiger partial charge in [-0.2, -0.15) is 0 Å². The Labute approximate surface area is 219 Å². The molecule has 36 heavy (non-hydrogen) atoms. The zero-order valence-electron chi connectivity index (χ0n) is 21.0. The van der Waals surface area contributed by atoms with Gasteiger partial charge in [0.2, 0.25) is 0 Å². The minimum Gasteiger partial charge on any atom is -0.483 e. The normalized spacial score (nSPS) is 10.9. The van der Waals surface area contributed by atoms with E-state index in [0.29, 0.717) is 22.6 Å². The second kappa shape index (κ2) is 11.4. The average Bonchev–Trinajstić information content (AvgIpc) is 2.81. The van der Waals surface area contributed by atoms with Crippen molar-refractivity contribution in [2.45, 2.75) is 40.0 Å². The van der Waals surface area contributed by atoms with E-state index < -0.39 is 11.8 Å². The number of amides is 3. The van der Waals surface area contributed by atoms with Crippen molar-refractivity contribution in [2.24, 2.45) is 0 Å². The van der Waals surface area contributed by atoms with Crippen LogP contribution in [0.3, 0.4) is 0 Å². The molecule has 7 nitrogen and oxygen atoms in total. The van der Waals surface area contributed by atoms with Crippen molar-refractivity contribution in [3.63, 3.8) is 0 Å². The van der Waals surface area contributed by atoms with Crippen LogP contribution in [0.2, 0.25) is 0 Å². The maximum Gasteiger partial charge on any atom is 0.276 e. The fraction of sp³-hybridized carbons (Fsp3) is 0.250. The lowest BCUT2D eigenvalue weighted by molar-refractivity contribution is -0.123. The van der Waals surface area contributed by atoms with Crippen LogP contribution in [0.1, 0.15) is 58.2 Å². The van der Waals surface area contributed by atoms with Gasteiger partial charge in [-0.3, -0.25) is 25.2 Å². The van der Waals surface area contributed by atoms with Crippen LogP contribution in [-0.2, 0) is 10.2 Å². The van der Waals surface area contributed by atoms with Crippen LogP contribution in [0.4, 0.5) is 5.69 Å². The molecule has 0 aliphatic heterocycles. The van der Waals surface area contributed by atoms with E-state index in [4.69, 9.17) is 4.74 Å². The van der Waals surface area contributed by atoms with E-state index in [-0.39, 0.29) is 17.9 Å². The Hall–Kier alpha value is -3.65. The summed E-state index contributed by atoms with van der Waals surface area (Å²) < 4.78 is 6.54. The van der Waals surface area contributed by atoms with Gasteiger partial charge in [0, 0.05) is 21.3 Å². The summed E-state index contributed by atoms with van der Waals surface area (Å²) in [5, 5.41) is 2.82. The molecule has 3 rings (SSSR count). The van der Waals surface area contributed by atoms with Crippen molar-refractivity contribution < 1.29 is 19.1 Å². The molecule has 0 bridgehead atoms. The number of anilines is 1. The lowest BCUT2D eigenvalue weighted by Crippen LogP contribution is -2.43. The Morgan fingerprint density at radius 2 is 1.33 bits per heavy atom. The molecule has 0 aliphatic rings. The van der Waals surface area contributed by atoms with E-state index in [9.17, 15) is 14.4 Å². The van der Waals surface area contributed by atoms with E-state index in [1.165, 1.54) is 0 Å². The third-order valence-corrected chi connectivity index (χ3v) is 5.96. The molecule has 0 fully saturated rings. The van der Waals surface area contributed by atoms with E-state index in [0.717, 1.165) is 21.2 Å². The van der Waals surface area contributed by atoms with Crippen LogP contribution in [0.5, 0.6) is 5.75 Å². The number of carbonyl (C=O) groups excluding carboxylic acids is 3. The van der Waals surface area contributed by atoms with Crippen LogP contribution < -0.4 is 20.9 Å². The van der Waals surface area contributed by atoms with Crippen LogP contribution in [0.25, 0.3) is 0 Å². The summed E-state index contributed by atoms with van der Waals surface area (Å²) in [7, 11) is 0. The Kier molecular flexibility index (Phi) is 8.53. The highest BCUT2D eigenvalue weighted by atomic mass is 79.9. The molecular weight excluding hydrogens is 522 g/mol. The first-order chi connectivity index (χ1) is 16.9. The molecule has 0 aliphatic carbocycles. The quantitative estimate of drug-likeness (QED) is 0.354. The third kappa shape index (κ3) is 7.18. The van der Waals surface area contributed by atoms with E-state index >= 15 is 0 Å². The Morgan fingerprint density at radius 3 is 1.89 bits per heavy atom. The molecule has 0 spiro atoms. The second-order valence-electron chi connectivity index (χ2n) is 9.52. The maximum absolute atomic E-state index is 12.5. The first-order valence-electron chi connectivity index (χ1n) is 11.4. The maximum atomic E-state index is 12.5. The molecule has 3 aromatic rings. The topological polar surface area (TPSA) is 96.5 Å². The van der Waals surface area contributed by atoms with Crippen molar-refractivity contribution in [3.05, 3.63) is 93.0 Å². The lowest BCUT2D eigenvalue weighted by atomic mass is 9.87. The lowest BCUT2D eigenvalue weighted by Gasteiger charge is -2.19. The molecule has 0 aromatic heterocycles. The Bertz CT molecular complexity index is 1240. The fourth-order valence-electron chi connectivity index (χ4n) is 3.53. The van der Waals surface area contributed by atoms with Crippen molar-refractivity contribution >= 4 is 39.3 Å². The van der Waals surface area contributed by atoms with Crippen molar-refractivity contribution in [1.82, 2.24) is 10.9 Å². The Balaban J connectivity index is 1.49. The van der Waals surface area contributed by atoms with Crippen molar-refractivity contribution in [1.29, 1.82) is 0 Å². The van der Waals surface area contributed by atoms with Gasteiger partial charge < -0.3 is 10.1 Å². The van der Waals surface area contributed by atoms with Gasteiger partial charge in [0.05, 0.1) is 0 Å². The molecule has 0 saturated heterocycles. The van der Waals surface area contributed by atoms with Crippen LogP contribution in [0.15, 0.2) is 65.1 Å². The number of hydrazine groups is 1. The molecule has 0 unspecified atom stereocenters. The van der Waals surface area contributed by atoms with Gasteiger partial charge in [0.1, 0.15) is 5.75 Å². The summed E-state index contributed by atoms with van der Waals surface area (Å²) in [6.45, 7) is 9.88. The first kappa shape index (κ1) is 26.9. The first-order valence-corrected chi connectivity index (χ1v) is 12.2. The highest BCUT2D eigenvalue weighted by molar-refractivity contribution is 9.10. The summed E-state index contributed by atoms with van der Waals surface area (Å²) in [5.74, 6) is -0.597. The van der Waals surface area contributed by atoms with Crippen molar-refractivity contribution in [2.75, 3.05) is 11.9 Å². The summed E-state index contributed by atoms with van der Waals surface area (Å²) in [6, 6.07) is 17.7. The predicted octanol–water partition coefficient (Wildman–Crippen LogP) is 5.46. The Morgan fingerprint density at radius 1 is 0.806 bits per heavy atom. The molecule has 188 valence electrons. The highest BCUT2D eigenvalue weighted by Gasteiger charge is 2.15. The number of ether oxygens (including phenoxy) is 1. The van der Waals surface area contributed by atoms with Crippen LogP contribution in [-0.4, -0.2) is 24.3 Å². The van der Waals surface area contributed by atoms with E-state index in [2.05, 4.69) is 52.9 Å². The molecule has 0 atom stereocenters. The molecule has 0 heterocycles. The largest absolute Gasteiger partial charge is 0.483 e. The number of aryl methyl sites for hydroxylation is 2.